The van der Waals surface area contributed by atoms with Crippen LogP contribution in [0.1, 0.15) is 18.3 Å². The molecule has 0 aliphatic carbocycles. The van der Waals surface area contributed by atoms with Crippen LogP contribution >= 0.6 is 11.6 Å². The third-order valence-corrected chi connectivity index (χ3v) is 5.48. The highest BCUT2D eigenvalue weighted by Gasteiger charge is 2.33. The smallest absolute Gasteiger partial charge is 0.252 e. The van der Waals surface area contributed by atoms with Gasteiger partial charge in [-0.3, -0.25) is 9.59 Å². The van der Waals surface area contributed by atoms with Crippen LogP contribution in [0.25, 0.3) is 0 Å². The van der Waals surface area contributed by atoms with Gasteiger partial charge in [0.2, 0.25) is 5.91 Å². The lowest BCUT2D eigenvalue weighted by Crippen LogP contribution is -2.39. The van der Waals surface area contributed by atoms with Crippen molar-refractivity contribution in [2.24, 2.45) is 0 Å². The van der Waals surface area contributed by atoms with Crippen molar-refractivity contribution in [3.8, 4) is 0 Å². The molecule has 2 aliphatic heterocycles. The molecule has 1 N–H and O–H groups in total. The van der Waals surface area contributed by atoms with Crippen LogP contribution in [0.4, 0.5) is 15.9 Å². The highest BCUT2D eigenvalue weighted by molar-refractivity contribution is 6.32. The molecule has 28 heavy (non-hydrogen) atoms. The third-order valence-electron chi connectivity index (χ3n) is 5.07. The summed E-state index contributed by atoms with van der Waals surface area (Å²) in [4.78, 5) is 35.7. The van der Waals surface area contributed by atoms with Gasteiger partial charge in [-0.1, -0.05) is 11.6 Å². The summed E-state index contributed by atoms with van der Waals surface area (Å²) < 4.78 is 19.1. The van der Waals surface area contributed by atoms with E-state index in [2.05, 4.69) is 9.97 Å². The van der Waals surface area contributed by atoms with Gasteiger partial charge in [-0.15, -0.1) is 0 Å². The lowest BCUT2D eigenvalue weighted by Gasteiger charge is -2.28. The molecular weight excluding hydrogens is 387 g/mol. The number of fused-ring (bicyclic) bond motifs is 1. The summed E-state index contributed by atoms with van der Waals surface area (Å²) in [6.07, 6.45) is 0.418. The van der Waals surface area contributed by atoms with Crippen molar-refractivity contribution in [2.75, 3.05) is 36.1 Å². The van der Waals surface area contributed by atoms with Crippen LogP contribution in [0.5, 0.6) is 0 Å². The first-order chi connectivity index (χ1) is 13.4. The summed E-state index contributed by atoms with van der Waals surface area (Å²) in [5.74, 6) is 0.116. The van der Waals surface area contributed by atoms with E-state index in [4.69, 9.17) is 16.3 Å². The van der Waals surface area contributed by atoms with E-state index in [-0.39, 0.29) is 29.0 Å². The van der Waals surface area contributed by atoms with Gasteiger partial charge in [-0.05, 0) is 31.0 Å². The number of carbonyl (C=O) groups is 1. The molecule has 1 saturated heterocycles. The Balaban J connectivity index is 1.59. The quantitative estimate of drug-likeness (QED) is 0.842. The zero-order valence-corrected chi connectivity index (χ0v) is 16.1. The fourth-order valence-corrected chi connectivity index (χ4v) is 4.00. The molecule has 0 spiro atoms. The first kappa shape index (κ1) is 18.9. The molecule has 0 bridgehead atoms. The number of aromatic amines is 1. The van der Waals surface area contributed by atoms with Crippen LogP contribution in [-0.4, -0.2) is 48.2 Å². The number of benzene rings is 1. The Labute approximate surface area is 166 Å². The topological polar surface area (TPSA) is 78.5 Å². The molecule has 1 fully saturated rings. The lowest BCUT2D eigenvalue weighted by molar-refractivity contribution is -0.118. The minimum Gasteiger partial charge on any atom is -0.378 e. The van der Waals surface area contributed by atoms with E-state index in [1.54, 1.807) is 11.0 Å². The van der Waals surface area contributed by atoms with Crippen molar-refractivity contribution in [1.29, 1.82) is 0 Å². The van der Waals surface area contributed by atoms with E-state index >= 15 is 0 Å². The van der Waals surface area contributed by atoms with Gasteiger partial charge in [0.1, 0.15) is 17.5 Å². The van der Waals surface area contributed by atoms with Crippen LogP contribution in [-0.2, 0) is 22.4 Å². The largest absolute Gasteiger partial charge is 0.378 e. The van der Waals surface area contributed by atoms with E-state index in [9.17, 15) is 14.0 Å². The van der Waals surface area contributed by atoms with Crippen molar-refractivity contribution >= 4 is 29.0 Å². The molecular formula is C19H20ClFN4O3. The number of nitrogens with zero attached hydrogens (tertiary/aromatic N) is 3. The Bertz CT molecular complexity index is 974. The Morgan fingerprint density at radius 1 is 1.39 bits per heavy atom. The first-order valence-electron chi connectivity index (χ1n) is 9.16. The maximum Gasteiger partial charge on any atom is 0.252 e. The Hall–Kier alpha value is -2.45. The molecule has 1 atom stereocenters. The number of hydrogen-bond donors (Lipinski definition) is 1. The molecule has 0 unspecified atom stereocenters. The molecule has 148 valence electrons. The van der Waals surface area contributed by atoms with Crippen molar-refractivity contribution in [3.63, 3.8) is 0 Å². The van der Waals surface area contributed by atoms with Gasteiger partial charge in [0.05, 0.1) is 24.7 Å². The number of carbonyl (C=O) groups excluding carboxylic acids is 1. The summed E-state index contributed by atoms with van der Waals surface area (Å²) in [5.41, 5.74) is 0.931. The van der Waals surface area contributed by atoms with E-state index in [1.807, 2.05) is 11.8 Å². The van der Waals surface area contributed by atoms with Crippen molar-refractivity contribution in [3.05, 3.63) is 50.8 Å². The Morgan fingerprint density at radius 3 is 2.89 bits per heavy atom. The summed E-state index contributed by atoms with van der Waals surface area (Å²) in [6, 6.07) is 4.10. The minimum atomic E-state index is -0.494. The second-order valence-electron chi connectivity index (χ2n) is 7.00. The van der Waals surface area contributed by atoms with E-state index in [0.29, 0.717) is 55.6 Å². The third kappa shape index (κ3) is 3.49. The number of halogens is 2. The van der Waals surface area contributed by atoms with Crippen LogP contribution in [0.15, 0.2) is 23.0 Å². The van der Waals surface area contributed by atoms with Crippen molar-refractivity contribution in [2.45, 2.75) is 25.8 Å². The molecule has 1 aromatic carbocycles. The fourth-order valence-electron chi connectivity index (χ4n) is 3.77. The van der Waals surface area contributed by atoms with Gasteiger partial charge < -0.3 is 19.5 Å². The van der Waals surface area contributed by atoms with Gasteiger partial charge in [0.25, 0.3) is 5.56 Å². The summed E-state index contributed by atoms with van der Waals surface area (Å²) >= 11 is 6.07. The molecule has 4 rings (SSSR count). The maximum absolute atomic E-state index is 13.7. The van der Waals surface area contributed by atoms with E-state index in [1.165, 1.54) is 12.1 Å². The maximum atomic E-state index is 13.7. The van der Waals surface area contributed by atoms with Gasteiger partial charge >= 0.3 is 0 Å². The zero-order chi connectivity index (χ0) is 19.8. The van der Waals surface area contributed by atoms with Crippen LogP contribution < -0.4 is 15.4 Å². The zero-order valence-electron chi connectivity index (χ0n) is 15.4. The summed E-state index contributed by atoms with van der Waals surface area (Å²) in [5, 5.41) is 0.0560. The first-order valence-corrected chi connectivity index (χ1v) is 9.53. The molecule has 3 heterocycles. The Morgan fingerprint density at radius 2 is 2.14 bits per heavy atom. The highest BCUT2D eigenvalue weighted by atomic mass is 35.5. The van der Waals surface area contributed by atoms with Crippen molar-refractivity contribution in [1.82, 2.24) is 9.97 Å². The summed E-state index contributed by atoms with van der Waals surface area (Å²) in [6.45, 7) is 4.31. The van der Waals surface area contributed by atoms with Gasteiger partial charge in [0, 0.05) is 30.9 Å². The van der Waals surface area contributed by atoms with Gasteiger partial charge in [-0.2, -0.15) is 0 Å². The molecule has 0 saturated carbocycles. The fraction of sp³-hybridized carbons (Fsp3) is 0.421. The number of anilines is 2. The van der Waals surface area contributed by atoms with E-state index in [0.717, 1.165) is 0 Å². The number of morpholine rings is 1. The molecule has 9 heteroatoms. The molecule has 1 aromatic heterocycles. The van der Waals surface area contributed by atoms with Gasteiger partial charge in [-0.25, -0.2) is 9.37 Å². The van der Waals surface area contributed by atoms with Crippen LogP contribution in [0.2, 0.25) is 5.02 Å². The molecule has 0 radical (unpaired) electrons. The highest BCUT2D eigenvalue weighted by Crippen LogP contribution is 2.38. The molecule has 2 aliphatic rings. The number of H-pyrrole nitrogens is 1. The molecule has 7 nitrogen and oxygen atoms in total. The molecule has 2 aromatic rings. The number of amides is 1. The standard InChI is InChI=1S/C19H20ClFN4O3/c1-11-8-12-14(3-2-13(21)19(12)20)25(11)18(27)9-15-22-16(10-17(26)23-15)24-4-6-28-7-5-24/h2-3,10-11H,4-9H2,1H3,(H,22,23,26)/t11-/m0/s1. The second-order valence-corrected chi connectivity index (χ2v) is 7.38. The van der Waals surface area contributed by atoms with Crippen LogP contribution in [0.3, 0.4) is 0 Å². The average molecular weight is 407 g/mol. The molecule has 1 amide bonds. The van der Waals surface area contributed by atoms with Crippen LogP contribution in [0, 0.1) is 5.82 Å². The predicted octanol–water partition coefficient (Wildman–Crippen LogP) is 1.92. The minimum absolute atomic E-state index is 0.0560. The normalized spacial score (nSPS) is 19.0. The summed E-state index contributed by atoms with van der Waals surface area (Å²) in [7, 11) is 0. The predicted molar refractivity (Wildman–Crippen MR) is 104 cm³/mol. The number of ether oxygens (including phenoxy) is 1. The monoisotopic (exact) mass is 406 g/mol. The second kappa shape index (κ2) is 7.52. The average Bonchev–Trinajstić information content (AvgIpc) is 3.02. The van der Waals surface area contributed by atoms with Gasteiger partial charge in [0.15, 0.2) is 0 Å². The number of nitrogens with one attached hydrogen (secondary N) is 1. The Kier molecular flexibility index (Phi) is 5.07. The number of rotatable bonds is 3. The SMILES string of the molecule is C[C@H]1Cc2c(ccc(F)c2Cl)N1C(=O)Cc1nc(N2CCOCC2)cc(=O)[nH]1. The number of aromatic nitrogens is 2. The van der Waals surface area contributed by atoms with Crippen molar-refractivity contribution < 1.29 is 13.9 Å². The number of hydrogen-bond acceptors (Lipinski definition) is 5. The van der Waals surface area contributed by atoms with E-state index < -0.39 is 5.82 Å². The lowest BCUT2D eigenvalue weighted by atomic mass is 10.1.